The van der Waals surface area contributed by atoms with E-state index in [0.717, 1.165) is 75.9 Å². The van der Waals surface area contributed by atoms with Crippen molar-refractivity contribution < 1.29 is 22.8 Å². The molecule has 2 unspecified atom stereocenters. The molecule has 3 heterocycles. The summed E-state index contributed by atoms with van der Waals surface area (Å²) in [6, 6.07) is 4.54. The third-order valence-corrected chi connectivity index (χ3v) is 6.63. The quantitative estimate of drug-likeness (QED) is 0.611. The van der Waals surface area contributed by atoms with Gasteiger partial charge in [-0.1, -0.05) is 6.07 Å². The Morgan fingerprint density at radius 3 is 2.78 bits per heavy atom. The molecule has 1 N–H and O–H groups in total. The number of aliphatic imine (C=N–C) groups is 1. The number of hydrogen-bond donors (Lipinski definition) is 1. The standard InChI is InChI=1S/C25H29F3N6O2/c26-25(27,28)20-4-1-3-19(13-20)24(36)32-16-23(35)31-14-18-6-11-34(17-18)21-5-2-10-33(12-7-21)22-15-29-8-9-30-22/h1,3-4,8-9,13-15,18,21H,2,5-7,10-12,16-17H2,(H,32,36). The van der Waals surface area contributed by atoms with Crippen LogP contribution in [0.15, 0.2) is 47.8 Å². The summed E-state index contributed by atoms with van der Waals surface area (Å²) in [6.07, 6.45) is 6.37. The molecule has 2 fully saturated rings. The molecule has 36 heavy (non-hydrogen) atoms. The van der Waals surface area contributed by atoms with E-state index in [1.807, 2.05) is 0 Å². The van der Waals surface area contributed by atoms with Gasteiger partial charge in [0.05, 0.1) is 18.3 Å². The van der Waals surface area contributed by atoms with Gasteiger partial charge in [-0.2, -0.15) is 13.2 Å². The Labute approximate surface area is 207 Å². The molecule has 2 aliphatic heterocycles. The molecule has 2 atom stereocenters. The van der Waals surface area contributed by atoms with Crippen LogP contribution < -0.4 is 10.2 Å². The van der Waals surface area contributed by atoms with Gasteiger partial charge in [-0.15, -0.1) is 0 Å². The molecule has 11 heteroatoms. The molecular formula is C25H29F3N6O2. The zero-order chi connectivity index (χ0) is 25.5. The van der Waals surface area contributed by atoms with Crippen molar-refractivity contribution in [1.29, 1.82) is 0 Å². The fourth-order valence-corrected chi connectivity index (χ4v) is 4.73. The molecule has 0 spiro atoms. The predicted octanol–water partition coefficient (Wildman–Crippen LogP) is 3.20. The highest BCUT2D eigenvalue weighted by molar-refractivity contribution is 5.97. The van der Waals surface area contributed by atoms with Crippen molar-refractivity contribution in [2.45, 2.75) is 37.9 Å². The van der Waals surface area contributed by atoms with E-state index in [-0.39, 0.29) is 18.0 Å². The van der Waals surface area contributed by atoms with Crippen molar-refractivity contribution in [3.8, 4) is 0 Å². The zero-order valence-electron chi connectivity index (χ0n) is 19.8. The largest absolute Gasteiger partial charge is 0.416 e. The first kappa shape index (κ1) is 25.7. The lowest BCUT2D eigenvalue weighted by Gasteiger charge is -2.27. The molecule has 2 amide bonds. The Morgan fingerprint density at radius 1 is 1.14 bits per heavy atom. The number of halogens is 3. The molecule has 2 aromatic rings. The van der Waals surface area contributed by atoms with Gasteiger partial charge < -0.3 is 10.2 Å². The zero-order valence-corrected chi connectivity index (χ0v) is 19.8. The van der Waals surface area contributed by atoms with Crippen LogP contribution in [0.25, 0.3) is 0 Å². The monoisotopic (exact) mass is 502 g/mol. The van der Waals surface area contributed by atoms with Gasteiger partial charge in [-0.3, -0.25) is 19.5 Å². The Morgan fingerprint density at radius 2 is 2.00 bits per heavy atom. The highest BCUT2D eigenvalue weighted by Gasteiger charge is 2.31. The van der Waals surface area contributed by atoms with Crippen LogP contribution >= 0.6 is 0 Å². The summed E-state index contributed by atoms with van der Waals surface area (Å²) in [5.74, 6) is -0.237. The fourth-order valence-electron chi connectivity index (χ4n) is 4.73. The van der Waals surface area contributed by atoms with E-state index in [1.54, 1.807) is 24.8 Å². The van der Waals surface area contributed by atoms with Crippen LogP contribution in [0, 0.1) is 5.92 Å². The topological polar surface area (TPSA) is 90.8 Å². The second-order valence-corrected chi connectivity index (χ2v) is 9.11. The summed E-state index contributed by atoms with van der Waals surface area (Å²) in [6.45, 7) is 3.26. The van der Waals surface area contributed by atoms with Gasteiger partial charge in [-0.05, 0) is 50.4 Å². The van der Waals surface area contributed by atoms with Crippen LogP contribution in [0.5, 0.6) is 0 Å². The number of likely N-dealkylation sites (tertiary alicyclic amines) is 1. The van der Waals surface area contributed by atoms with Crippen LogP contribution in [-0.2, 0) is 11.0 Å². The van der Waals surface area contributed by atoms with E-state index in [1.165, 1.54) is 6.07 Å². The number of benzene rings is 1. The molecular weight excluding hydrogens is 473 g/mol. The van der Waals surface area contributed by atoms with Crippen molar-refractivity contribution in [3.05, 3.63) is 54.0 Å². The van der Waals surface area contributed by atoms with E-state index >= 15 is 0 Å². The highest BCUT2D eigenvalue weighted by Crippen LogP contribution is 2.29. The van der Waals surface area contributed by atoms with Gasteiger partial charge in [-0.25, -0.2) is 9.98 Å². The molecule has 192 valence electrons. The van der Waals surface area contributed by atoms with Crippen molar-refractivity contribution in [2.75, 3.05) is 37.6 Å². The average molecular weight is 503 g/mol. The van der Waals surface area contributed by atoms with Crippen molar-refractivity contribution in [1.82, 2.24) is 20.2 Å². The van der Waals surface area contributed by atoms with Crippen molar-refractivity contribution in [2.24, 2.45) is 10.9 Å². The van der Waals surface area contributed by atoms with E-state index < -0.39 is 23.6 Å². The molecule has 1 aromatic carbocycles. The molecule has 2 saturated heterocycles. The summed E-state index contributed by atoms with van der Waals surface area (Å²) >= 11 is 0. The third-order valence-electron chi connectivity index (χ3n) is 6.63. The van der Waals surface area contributed by atoms with E-state index in [9.17, 15) is 22.8 Å². The number of anilines is 1. The molecule has 4 rings (SSSR count). The van der Waals surface area contributed by atoms with Crippen LogP contribution in [0.2, 0.25) is 0 Å². The second-order valence-electron chi connectivity index (χ2n) is 9.11. The smallest absolute Gasteiger partial charge is 0.355 e. The summed E-state index contributed by atoms with van der Waals surface area (Å²) in [5, 5.41) is 2.34. The maximum absolute atomic E-state index is 12.8. The third kappa shape index (κ3) is 6.87. The number of carbonyl (C=O) groups is 2. The molecule has 0 radical (unpaired) electrons. The van der Waals surface area contributed by atoms with Gasteiger partial charge in [0.1, 0.15) is 5.82 Å². The van der Waals surface area contributed by atoms with E-state index in [4.69, 9.17) is 0 Å². The summed E-state index contributed by atoms with van der Waals surface area (Å²) in [4.78, 5) is 41.6. The van der Waals surface area contributed by atoms with Crippen LogP contribution in [0.4, 0.5) is 19.0 Å². The van der Waals surface area contributed by atoms with Gasteiger partial charge in [0.15, 0.2) is 0 Å². The maximum Gasteiger partial charge on any atom is 0.416 e. The summed E-state index contributed by atoms with van der Waals surface area (Å²) < 4.78 is 38.5. The summed E-state index contributed by atoms with van der Waals surface area (Å²) in [5.41, 5.74) is -1.07. The second kappa shape index (κ2) is 11.6. The number of amides is 2. The molecule has 2 aliphatic rings. The first-order valence-electron chi connectivity index (χ1n) is 12.1. The number of aromatic nitrogens is 2. The average Bonchev–Trinajstić information content (AvgIpc) is 3.22. The lowest BCUT2D eigenvalue weighted by atomic mass is 10.1. The Kier molecular flexibility index (Phi) is 8.29. The lowest BCUT2D eigenvalue weighted by molar-refractivity contribution is -0.137. The number of nitrogens with zero attached hydrogens (tertiary/aromatic N) is 5. The minimum absolute atomic E-state index is 0.146. The van der Waals surface area contributed by atoms with Crippen LogP contribution in [0.1, 0.15) is 41.6 Å². The number of carbonyl (C=O) groups excluding carboxylic acids is 2. The predicted molar refractivity (Wildman–Crippen MR) is 129 cm³/mol. The molecule has 0 bridgehead atoms. The first-order valence-corrected chi connectivity index (χ1v) is 12.1. The van der Waals surface area contributed by atoms with Crippen molar-refractivity contribution >= 4 is 23.8 Å². The highest BCUT2D eigenvalue weighted by atomic mass is 19.4. The molecule has 1 aromatic heterocycles. The first-order chi connectivity index (χ1) is 17.3. The lowest BCUT2D eigenvalue weighted by Crippen LogP contribution is -2.34. The van der Waals surface area contributed by atoms with Gasteiger partial charge in [0.25, 0.3) is 11.8 Å². The SMILES string of the molecule is O=C(CNC(=O)c1cccc(C(F)(F)F)c1)N=CC1CCN(C2CCCN(c3cnccn3)CC2)C1. The van der Waals surface area contributed by atoms with Gasteiger partial charge in [0, 0.05) is 55.8 Å². The van der Waals surface area contributed by atoms with Gasteiger partial charge in [0.2, 0.25) is 0 Å². The van der Waals surface area contributed by atoms with Crippen LogP contribution in [-0.4, -0.2) is 71.7 Å². The minimum atomic E-state index is -4.54. The Bertz CT molecular complexity index is 1080. The number of hydrogen-bond acceptors (Lipinski definition) is 6. The Hall–Kier alpha value is -3.34. The minimum Gasteiger partial charge on any atom is -0.355 e. The number of nitrogens with one attached hydrogen (secondary N) is 1. The number of alkyl halides is 3. The Balaban J connectivity index is 1.21. The van der Waals surface area contributed by atoms with Crippen LogP contribution in [0.3, 0.4) is 0 Å². The van der Waals surface area contributed by atoms with E-state index in [2.05, 4.69) is 30.1 Å². The normalized spacial score (nSPS) is 21.5. The molecule has 8 nitrogen and oxygen atoms in total. The molecule has 0 saturated carbocycles. The fraction of sp³-hybridized carbons (Fsp3) is 0.480. The number of rotatable bonds is 6. The molecule has 0 aliphatic carbocycles. The maximum atomic E-state index is 12.8. The van der Waals surface area contributed by atoms with Gasteiger partial charge >= 0.3 is 6.18 Å². The van der Waals surface area contributed by atoms with E-state index in [0.29, 0.717) is 6.04 Å². The summed E-state index contributed by atoms with van der Waals surface area (Å²) in [7, 11) is 0. The van der Waals surface area contributed by atoms with Crippen molar-refractivity contribution in [3.63, 3.8) is 0 Å².